The highest BCUT2D eigenvalue weighted by molar-refractivity contribution is 8.04. The van der Waals surface area contributed by atoms with E-state index in [4.69, 9.17) is 16.7 Å². The number of aliphatic hydroxyl groups is 1. The van der Waals surface area contributed by atoms with Gasteiger partial charge in [0.05, 0.1) is 18.6 Å². The summed E-state index contributed by atoms with van der Waals surface area (Å²) in [6.07, 6.45) is 3.72. The maximum atomic E-state index is 11.7. The zero-order valence-electron chi connectivity index (χ0n) is 10.6. The van der Waals surface area contributed by atoms with Gasteiger partial charge in [-0.2, -0.15) is 0 Å². The van der Waals surface area contributed by atoms with Crippen LogP contribution in [0.5, 0.6) is 0 Å². The molecule has 2 N–H and O–H groups in total. The molecular weight excluding hydrogens is 326 g/mol. The second-order valence-electron chi connectivity index (χ2n) is 4.04. The van der Waals surface area contributed by atoms with E-state index in [0.717, 1.165) is 6.26 Å². The molecule has 0 bridgehead atoms. The minimum Gasteiger partial charge on any atom is -0.392 e. The Morgan fingerprint density at radius 3 is 2.50 bits per heavy atom. The molecule has 0 aliphatic rings. The SMILES string of the molecule is CS(=O)(=O)NS(=O)(=O)Cc1cc(Cl)ccc1/C=C/CO. The monoisotopic (exact) mass is 339 g/mol. The van der Waals surface area contributed by atoms with Crippen molar-refractivity contribution in [3.63, 3.8) is 0 Å². The first-order chi connectivity index (χ1) is 9.13. The highest BCUT2D eigenvalue weighted by atomic mass is 35.5. The van der Waals surface area contributed by atoms with Gasteiger partial charge in [0.1, 0.15) is 0 Å². The van der Waals surface area contributed by atoms with E-state index in [1.54, 1.807) is 16.3 Å². The lowest BCUT2D eigenvalue weighted by atomic mass is 10.1. The van der Waals surface area contributed by atoms with Crippen LogP contribution in [0.15, 0.2) is 24.3 Å². The van der Waals surface area contributed by atoms with Crippen LogP contribution in [0.3, 0.4) is 0 Å². The second-order valence-corrected chi connectivity index (χ2v) is 8.21. The van der Waals surface area contributed by atoms with Gasteiger partial charge < -0.3 is 5.11 Å². The number of aliphatic hydroxyl groups excluding tert-OH is 1. The molecule has 9 heteroatoms. The zero-order chi connectivity index (χ0) is 15.4. The fraction of sp³-hybridized carbons (Fsp3) is 0.273. The summed E-state index contributed by atoms with van der Waals surface area (Å²) in [5.41, 5.74) is 0.862. The highest BCUT2D eigenvalue weighted by Crippen LogP contribution is 2.19. The fourth-order valence-electron chi connectivity index (χ4n) is 1.51. The van der Waals surface area contributed by atoms with Gasteiger partial charge in [-0.3, -0.25) is 0 Å². The van der Waals surface area contributed by atoms with E-state index in [0.29, 0.717) is 16.1 Å². The lowest BCUT2D eigenvalue weighted by Crippen LogP contribution is -2.30. The lowest BCUT2D eigenvalue weighted by molar-refractivity contribution is 0.343. The molecule has 1 aromatic carbocycles. The van der Waals surface area contributed by atoms with Crippen LogP contribution in [-0.2, 0) is 25.8 Å². The van der Waals surface area contributed by atoms with Gasteiger partial charge in [-0.1, -0.05) is 29.8 Å². The van der Waals surface area contributed by atoms with E-state index in [1.165, 1.54) is 18.2 Å². The van der Waals surface area contributed by atoms with Crippen LogP contribution in [0, 0.1) is 0 Å². The number of benzene rings is 1. The molecule has 0 unspecified atom stereocenters. The molecule has 0 aromatic heterocycles. The minimum absolute atomic E-state index is 0.198. The van der Waals surface area contributed by atoms with Crippen molar-refractivity contribution >= 4 is 37.7 Å². The van der Waals surface area contributed by atoms with Gasteiger partial charge in [-0.05, 0) is 23.3 Å². The van der Waals surface area contributed by atoms with Crippen LogP contribution < -0.4 is 4.13 Å². The third-order valence-corrected chi connectivity index (χ3v) is 5.28. The first kappa shape index (κ1) is 17.1. The summed E-state index contributed by atoms with van der Waals surface area (Å²) in [5.74, 6) is -0.536. The van der Waals surface area contributed by atoms with E-state index >= 15 is 0 Å². The third-order valence-electron chi connectivity index (χ3n) is 2.13. The van der Waals surface area contributed by atoms with Crippen molar-refractivity contribution in [2.75, 3.05) is 12.9 Å². The maximum Gasteiger partial charge on any atom is 0.228 e. The van der Waals surface area contributed by atoms with Crippen LogP contribution >= 0.6 is 11.6 Å². The van der Waals surface area contributed by atoms with Crippen molar-refractivity contribution in [2.24, 2.45) is 0 Å². The molecule has 1 aromatic rings. The lowest BCUT2D eigenvalue weighted by Gasteiger charge is -2.08. The maximum absolute atomic E-state index is 11.7. The van der Waals surface area contributed by atoms with Crippen LogP contribution in [0.1, 0.15) is 11.1 Å². The summed E-state index contributed by atoms with van der Waals surface area (Å²) >= 11 is 5.81. The molecule has 0 spiro atoms. The molecular formula is C11H14ClNO5S2. The average molecular weight is 340 g/mol. The van der Waals surface area contributed by atoms with E-state index in [-0.39, 0.29) is 6.61 Å². The Morgan fingerprint density at radius 1 is 1.30 bits per heavy atom. The Morgan fingerprint density at radius 2 is 1.95 bits per heavy atom. The predicted octanol–water partition coefficient (Wildman–Crippen LogP) is 0.725. The number of hydrogen-bond acceptors (Lipinski definition) is 5. The van der Waals surface area contributed by atoms with Crippen LogP contribution in [0.25, 0.3) is 6.08 Å². The molecule has 20 heavy (non-hydrogen) atoms. The minimum atomic E-state index is -4.05. The summed E-state index contributed by atoms with van der Waals surface area (Å²) in [6.45, 7) is -0.198. The topological polar surface area (TPSA) is 101 Å². The van der Waals surface area contributed by atoms with Gasteiger partial charge in [-0.15, -0.1) is 4.13 Å². The average Bonchev–Trinajstić information content (AvgIpc) is 2.24. The number of halogens is 1. The van der Waals surface area contributed by atoms with Crippen LogP contribution in [-0.4, -0.2) is 34.8 Å². The Bertz CT molecular complexity index is 710. The summed E-state index contributed by atoms with van der Waals surface area (Å²) in [7, 11) is -7.92. The van der Waals surface area contributed by atoms with E-state index in [2.05, 4.69) is 0 Å². The Hall–Kier alpha value is -0.930. The van der Waals surface area contributed by atoms with Crippen molar-refractivity contribution in [3.8, 4) is 0 Å². The van der Waals surface area contributed by atoms with Gasteiger partial charge in [0.2, 0.25) is 20.0 Å². The zero-order valence-corrected chi connectivity index (χ0v) is 13.0. The van der Waals surface area contributed by atoms with Crippen LogP contribution in [0.4, 0.5) is 0 Å². The molecule has 6 nitrogen and oxygen atoms in total. The van der Waals surface area contributed by atoms with Crippen molar-refractivity contribution in [1.82, 2.24) is 4.13 Å². The molecule has 0 aliphatic heterocycles. The fourth-order valence-corrected chi connectivity index (χ4v) is 4.44. The summed E-state index contributed by atoms with van der Waals surface area (Å²) in [6, 6.07) is 4.58. The quantitative estimate of drug-likeness (QED) is 0.795. The number of nitrogens with one attached hydrogen (secondary N) is 1. The standard InChI is InChI=1S/C11H14ClNO5S2/c1-19(15,16)13-20(17,18)8-10-7-11(12)5-4-9(10)3-2-6-14/h2-5,7,13-14H,6,8H2,1H3/b3-2+. The Kier molecular flexibility index (Phi) is 5.72. The van der Waals surface area contributed by atoms with Crippen molar-refractivity contribution in [1.29, 1.82) is 0 Å². The Balaban J connectivity index is 3.13. The number of sulfonamides is 2. The Labute approximate surface area is 123 Å². The largest absolute Gasteiger partial charge is 0.392 e. The molecule has 0 fully saturated rings. The van der Waals surface area contributed by atoms with Gasteiger partial charge in [0.25, 0.3) is 0 Å². The smallest absolute Gasteiger partial charge is 0.228 e. The number of rotatable bonds is 6. The molecule has 0 heterocycles. The summed E-state index contributed by atoms with van der Waals surface area (Å²) in [5, 5.41) is 9.07. The molecule has 0 aliphatic carbocycles. The molecule has 0 saturated carbocycles. The van der Waals surface area contributed by atoms with Gasteiger partial charge in [-0.25, -0.2) is 16.8 Å². The summed E-state index contributed by atoms with van der Waals surface area (Å²) in [4.78, 5) is 0. The first-order valence-corrected chi connectivity index (χ1v) is 9.32. The van der Waals surface area contributed by atoms with Gasteiger partial charge in [0, 0.05) is 5.02 Å². The van der Waals surface area contributed by atoms with Crippen molar-refractivity contribution in [3.05, 3.63) is 40.4 Å². The first-order valence-electron chi connectivity index (χ1n) is 5.40. The second kappa shape index (κ2) is 6.68. The molecule has 112 valence electrons. The van der Waals surface area contributed by atoms with E-state index in [1.807, 2.05) is 0 Å². The summed E-state index contributed by atoms with van der Waals surface area (Å²) < 4.78 is 47.1. The van der Waals surface area contributed by atoms with E-state index in [9.17, 15) is 16.8 Å². The molecule has 0 atom stereocenters. The van der Waals surface area contributed by atoms with Crippen molar-refractivity contribution < 1.29 is 21.9 Å². The predicted molar refractivity (Wildman–Crippen MR) is 78.2 cm³/mol. The van der Waals surface area contributed by atoms with E-state index < -0.39 is 25.8 Å². The normalized spacial score (nSPS) is 12.9. The number of hydrogen-bond donors (Lipinski definition) is 2. The van der Waals surface area contributed by atoms with Gasteiger partial charge >= 0.3 is 0 Å². The highest BCUT2D eigenvalue weighted by Gasteiger charge is 2.18. The third kappa shape index (κ3) is 6.02. The van der Waals surface area contributed by atoms with Crippen molar-refractivity contribution in [2.45, 2.75) is 5.75 Å². The molecule has 0 amide bonds. The van der Waals surface area contributed by atoms with Gasteiger partial charge in [0.15, 0.2) is 0 Å². The molecule has 0 saturated heterocycles. The van der Waals surface area contributed by atoms with Crippen LogP contribution in [0.2, 0.25) is 5.02 Å². The molecule has 0 radical (unpaired) electrons. The molecule has 1 rings (SSSR count).